The first-order valence-electron chi connectivity index (χ1n) is 6.19. The number of benzene rings is 1. The van der Waals surface area contributed by atoms with Crippen molar-refractivity contribution in [3.8, 4) is 11.8 Å². The Morgan fingerprint density at radius 3 is 3.00 bits per heavy atom. The Bertz CT molecular complexity index is 713. The van der Waals surface area contributed by atoms with Gasteiger partial charge in [0.15, 0.2) is 0 Å². The van der Waals surface area contributed by atoms with E-state index in [4.69, 9.17) is 9.63 Å². The molecule has 1 aromatic heterocycles. The van der Waals surface area contributed by atoms with Crippen LogP contribution in [0.3, 0.4) is 0 Å². The fourth-order valence-electron chi connectivity index (χ4n) is 1.72. The summed E-state index contributed by atoms with van der Waals surface area (Å²) in [5, 5.41) is 14.7. The molecule has 1 heterocycles. The van der Waals surface area contributed by atoms with Crippen LogP contribution in [0, 0.1) is 24.6 Å². The van der Waals surface area contributed by atoms with E-state index in [9.17, 15) is 9.18 Å². The molecule has 108 valence electrons. The second-order valence-electron chi connectivity index (χ2n) is 4.24. The predicted octanol–water partition coefficient (Wildman–Crippen LogP) is 1.40. The van der Waals surface area contributed by atoms with Crippen molar-refractivity contribution in [3.63, 3.8) is 0 Å². The monoisotopic (exact) mass is 288 g/mol. The van der Waals surface area contributed by atoms with Gasteiger partial charge in [0.2, 0.25) is 0 Å². The molecule has 0 saturated carbocycles. The van der Waals surface area contributed by atoms with Crippen molar-refractivity contribution in [2.75, 3.05) is 6.61 Å². The zero-order chi connectivity index (χ0) is 15.2. The number of hydrogen-bond donors (Lipinski definition) is 2. The molecule has 5 nitrogen and oxygen atoms in total. The fourth-order valence-corrected chi connectivity index (χ4v) is 1.72. The number of hydrogen-bond acceptors (Lipinski definition) is 4. The average Bonchev–Trinajstić information content (AvgIpc) is 2.91. The van der Waals surface area contributed by atoms with E-state index in [2.05, 4.69) is 22.3 Å². The van der Waals surface area contributed by atoms with Gasteiger partial charge in [0, 0.05) is 17.7 Å². The smallest absolute Gasteiger partial charge is 0.256 e. The third-order valence-electron chi connectivity index (χ3n) is 2.79. The Morgan fingerprint density at radius 2 is 2.33 bits per heavy atom. The van der Waals surface area contributed by atoms with Crippen molar-refractivity contribution >= 4 is 5.91 Å². The molecule has 0 bridgehead atoms. The highest BCUT2D eigenvalue weighted by atomic mass is 19.1. The van der Waals surface area contributed by atoms with Gasteiger partial charge in [-0.1, -0.05) is 17.0 Å². The SMILES string of the molecule is Cc1oncc1C(=O)NCc1cc(C#CCO)ccc1F. The number of carbonyl (C=O) groups excluding carboxylic acids is 1. The molecule has 0 spiro atoms. The number of carbonyl (C=O) groups is 1. The normalized spacial score (nSPS) is 9.86. The van der Waals surface area contributed by atoms with E-state index in [-0.39, 0.29) is 19.1 Å². The zero-order valence-electron chi connectivity index (χ0n) is 11.3. The highest BCUT2D eigenvalue weighted by Gasteiger charge is 2.13. The van der Waals surface area contributed by atoms with Crippen molar-refractivity contribution in [1.29, 1.82) is 0 Å². The average molecular weight is 288 g/mol. The van der Waals surface area contributed by atoms with Gasteiger partial charge in [-0.25, -0.2) is 4.39 Å². The van der Waals surface area contributed by atoms with Gasteiger partial charge in [0.1, 0.15) is 23.7 Å². The van der Waals surface area contributed by atoms with E-state index in [0.29, 0.717) is 22.5 Å². The molecule has 21 heavy (non-hydrogen) atoms. The van der Waals surface area contributed by atoms with Crippen LogP contribution >= 0.6 is 0 Å². The van der Waals surface area contributed by atoms with Gasteiger partial charge < -0.3 is 14.9 Å². The third-order valence-corrected chi connectivity index (χ3v) is 2.79. The number of halogens is 1. The van der Waals surface area contributed by atoms with Crippen LogP contribution < -0.4 is 5.32 Å². The lowest BCUT2D eigenvalue weighted by Crippen LogP contribution is -2.23. The molecule has 0 aliphatic heterocycles. The van der Waals surface area contributed by atoms with Crippen LogP contribution in [0.25, 0.3) is 0 Å². The van der Waals surface area contributed by atoms with Gasteiger partial charge in [0.25, 0.3) is 5.91 Å². The lowest BCUT2D eigenvalue weighted by atomic mass is 10.1. The Hall–Kier alpha value is -2.65. The molecule has 0 fully saturated rings. The molecule has 0 saturated heterocycles. The summed E-state index contributed by atoms with van der Waals surface area (Å²) in [6, 6.07) is 4.31. The van der Waals surface area contributed by atoms with E-state index in [1.54, 1.807) is 6.92 Å². The largest absolute Gasteiger partial charge is 0.384 e. The fraction of sp³-hybridized carbons (Fsp3) is 0.200. The standard InChI is InChI=1S/C15H13FN2O3/c1-10-13(9-18-21-10)15(20)17-8-12-7-11(3-2-6-19)4-5-14(12)16/h4-5,7,9,19H,6,8H2,1H3,(H,17,20). The Balaban J connectivity index is 2.09. The number of aliphatic hydroxyl groups excluding tert-OH is 1. The van der Waals surface area contributed by atoms with E-state index < -0.39 is 5.82 Å². The number of aromatic nitrogens is 1. The molecule has 0 radical (unpaired) electrons. The number of aryl methyl sites for hydroxylation is 1. The number of amides is 1. The van der Waals surface area contributed by atoms with Crippen LogP contribution in [0.15, 0.2) is 28.9 Å². The highest BCUT2D eigenvalue weighted by molar-refractivity contribution is 5.94. The molecule has 2 rings (SSSR count). The summed E-state index contributed by atoms with van der Waals surface area (Å²) >= 11 is 0. The predicted molar refractivity (Wildman–Crippen MR) is 72.8 cm³/mol. The van der Waals surface area contributed by atoms with Crippen LogP contribution in [0.5, 0.6) is 0 Å². The molecule has 1 amide bonds. The van der Waals surface area contributed by atoms with Crippen molar-refractivity contribution in [3.05, 3.63) is 52.7 Å². The second-order valence-corrected chi connectivity index (χ2v) is 4.24. The quantitative estimate of drug-likeness (QED) is 0.837. The van der Waals surface area contributed by atoms with Gasteiger partial charge in [-0.3, -0.25) is 4.79 Å². The van der Waals surface area contributed by atoms with Gasteiger partial charge >= 0.3 is 0 Å². The first-order valence-corrected chi connectivity index (χ1v) is 6.19. The maximum absolute atomic E-state index is 13.7. The Morgan fingerprint density at radius 1 is 1.52 bits per heavy atom. The summed E-state index contributed by atoms with van der Waals surface area (Å²) in [5.41, 5.74) is 1.18. The minimum Gasteiger partial charge on any atom is -0.384 e. The maximum Gasteiger partial charge on any atom is 0.256 e. The van der Waals surface area contributed by atoms with Crippen LogP contribution in [0.2, 0.25) is 0 Å². The Kier molecular flexibility index (Phi) is 4.69. The molecule has 0 unspecified atom stereocenters. The first-order chi connectivity index (χ1) is 10.1. The van der Waals surface area contributed by atoms with E-state index in [1.807, 2.05) is 0 Å². The van der Waals surface area contributed by atoms with Crippen LogP contribution in [-0.2, 0) is 6.54 Å². The van der Waals surface area contributed by atoms with E-state index >= 15 is 0 Å². The highest BCUT2D eigenvalue weighted by Crippen LogP contribution is 2.11. The molecular weight excluding hydrogens is 275 g/mol. The lowest BCUT2D eigenvalue weighted by Gasteiger charge is -2.06. The number of rotatable bonds is 3. The lowest BCUT2D eigenvalue weighted by molar-refractivity contribution is 0.0949. The molecule has 2 N–H and O–H groups in total. The summed E-state index contributed by atoms with van der Waals surface area (Å²) in [5.74, 6) is 4.73. The number of nitrogens with one attached hydrogen (secondary N) is 1. The summed E-state index contributed by atoms with van der Waals surface area (Å²) < 4.78 is 18.5. The molecule has 0 aliphatic carbocycles. The summed E-state index contributed by atoms with van der Waals surface area (Å²) in [6.07, 6.45) is 1.31. The first kappa shape index (κ1) is 14.8. The van der Waals surface area contributed by atoms with Gasteiger partial charge in [-0.2, -0.15) is 0 Å². The molecule has 0 aliphatic rings. The third kappa shape index (κ3) is 3.68. The summed E-state index contributed by atoms with van der Waals surface area (Å²) in [6.45, 7) is 1.37. The molecule has 0 atom stereocenters. The summed E-state index contributed by atoms with van der Waals surface area (Å²) in [7, 11) is 0. The molecule has 1 aromatic carbocycles. The van der Waals surface area contributed by atoms with Gasteiger partial charge in [0.05, 0.1) is 6.20 Å². The van der Waals surface area contributed by atoms with Crippen molar-refractivity contribution in [2.45, 2.75) is 13.5 Å². The van der Waals surface area contributed by atoms with Crippen LogP contribution in [-0.4, -0.2) is 22.8 Å². The van der Waals surface area contributed by atoms with Crippen molar-refractivity contribution in [1.82, 2.24) is 10.5 Å². The minimum absolute atomic E-state index is 0.0178. The molecular formula is C15H13FN2O3. The maximum atomic E-state index is 13.7. The second kappa shape index (κ2) is 6.68. The number of nitrogens with zero attached hydrogens (tertiary/aromatic N) is 1. The van der Waals surface area contributed by atoms with Crippen molar-refractivity contribution in [2.24, 2.45) is 0 Å². The van der Waals surface area contributed by atoms with E-state index in [0.717, 1.165) is 0 Å². The topological polar surface area (TPSA) is 75.4 Å². The molecule has 6 heteroatoms. The minimum atomic E-state index is -0.438. The van der Waals surface area contributed by atoms with Gasteiger partial charge in [-0.15, -0.1) is 0 Å². The van der Waals surface area contributed by atoms with Crippen LogP contribution in [0.1, 0.15) is 27.2 Å². The zero-order valence-corrected chi connectivity index (χ0v) is 11.3. The number of aliphatic hydroxyl groups is 1. The summed E-state index contributed by atoms with van der Waals surface area (Å²) in [4.78, 5) is 11.9. The van der Waals surface area contributed by atoms with Gasteiger partial charge in [-0.05, 0) is 25.1 Å². The molecule has 2 aromatic rings. The van der Waals surface area contributed by atoms with Crippen molar-refractivity contribution < 1.29 is 18.8 Å². The van der Waals surface area contributed by atoms with Crippen LogP contribution in [0.4, 0.5) is 4.39 Å². The Labute approximate surface area is 120 Å². The van der Waals surface area contributed by atoms with E-state index in [1.165, 1.54) is 24.4 Å².